The summed E-state index contributed by atoms with van der Waals surface area (Å²) in [5.74, 6) is 0.813. The van der Waals surface area contributed by atoms with Crippen LogP contribution in [0.1, 0.15) is 24.5 Å². The molecule has 0 bridgehead atoms. The van der Waals surface area contributed by atoms with Crippen LogP contribution in [0.3, 0.4) is 0 Å². The maximum absolute atomic E-state index is 10.2. The molecule has 2 atom stereocenters. The van der Waals surface area contributed by atoms with Gasteiger partial charge in [0.2, 0.25) is 0 Å². The Morgan fingerprint density at radius 1 is 1.37 bits per heavy atom. The van der Waals surface area contributed by atoms with Crippen molar-refractivity contribution in [3.8, 4) is 5.75 Å². The van der Waals surface area contributed by atoms with E-state index in [9.17, 15) is 5.11 Å². The van der Waals surface area contributed by atoms with Crippen LogP contribution in [0.25, 0.3) is 0 Å². The zero-order valence-corrected chi connectivity index (χ0v) is 11.8. The standard InChI is InChI=1S/C15H24N2O2/c1-17(2)9-5-8-16-12-10-14(18)13-6-3-4-7-15(13)19-11-12/h3-4,6-7,12,14,16,18H,5,8-11H2,1-2H3/t12-,14+/m1/s1. The van der Waals surface area contributed by atoms with E-state index >= 15 is 0 Å². The first-order valence-corrected chi connectivity index (χ1v) is 6.94. The third-order valence-electron chi connectivity index (χ3n) is 3.44. The Morgan fingerprint density at radius 3 is 2.95 bits per heavy atom. The third-order valence-corrected chi connectivity index (χ3v) is 3.44. The number of nitrogens with one attached hydrogen (secondary N) is 1. The molecule has 0 radical (unpaired) electrons. The summed E-state index contributed by atoms with van der Waals surface area (Å²) in [7, 11) is 4.16. The number of ether oxygens (including phenoxy) is 1. The Balaban J connectivity index is 1.84. The fourth-order valence-corrected chi connectivity index (χ4v) is 2.39. The molecule has 0 amide bonds. The van der Waals surface area contributed by atoms with Crippen LogP contribution in [0.5, 0.6) is 5.75 Å². The molecular weight excluding hydrogens is 240 g/mol. The highest BCUT2D eigenvalue weighted by Gasteiger charge is 2.23. The monoisotopic (exact) mass is 264 g/mol. The van der Waals surface area contributed by atoms with Crippen LogP contribution in [-0.4, -0.2) is 49.8 Å². The maximum Gasteiger partial charge on any atom is 0.125 e. The fraction of sp³-hybridized carbons (Fsp3) is 0.600. The van der Waals surface area contributed by atoms with E-state index in [1.54, 1.807) is 0 Å². The molecular formula is C15H24N2O2. The van der Waals surface area contributed by atoms with E-state index in [1.807, 2.05) is 24.3 Å². The van der Waals surface area contributed by atoms with Crippen molar-refractivity contribution in [3.63, 3.8) is 0 Å². The van der Waals surface area contributed by atoms with E-state index < -0.39 is 6.10 Å². The number of benzene rings is 1. The number of rotatable bonds is 5. The number of hydrogen-bond donors (Lipinski definition) is 2. The maximum atomic E-state index is 10.2. The minimum absolute atomic E-state index is 0.213. The van der Waals surface area contributed by atoms with Crippen molar-refractivity contribution in [3.05, 3.63) is 29.8 Å². The summed E-state index contributed by atoms with van der Waals surface area (Å²) in [6.07, 6.45) is 1.37. The van der Waals surface area contributed by atoms with Crippen molar-refractivity contribution in [2.45, 2.75) is 25.0 Å². The summed E-state index contributed by atoms with van der Waals surface area (Å²) in [4.78, 5) is 2.18. The predicted octanol–water partition coefficient (Wildman–Crippen LogP) is 1.41. The SMILES string of the molecule is CN(C)CCCN[C@H]1COc2ccccc2[C@@H](O)C1. The molecule has 0 unspecified atom stereocenters. The fourth-order valence-electron chi connectivity index (χ4n) is 2.39. The number of fused-ring (bicyclic) bond motifs is 1. The smallest absolute Gasteiger partial charge is 0.125 e. The van der Waals surface area contributed by atoms with Crippen LogP contribution in [0.15, 0.2) is 24.3 Å². The minimum Gasteiger partial charge on any atom is -0.492 e. The summed E-state index contributed by atoms with van der Waals surface area (Å²) in [5, 5.41) is 13.7. The molecule has 19 heavy (non-hydrogen) atoms. The molecule has 2 rings (SSSR count). The molecule has 4 heteroatoms. The van der Waals surface area contributed by atoms with Crippen molar-refractivity contribution in [2.75, 3.05) is 33.8 Å². The number of aliphatic hydroxyl groups excluding tert-OH is 1. The van der Waals surface area contributed by atoms with Gasteiger partial charge in [0.05, 0.1) is 6.10 Å². The second-order valence-electron chi connectivity index (χ2n) is 5.41. The lowest BCUT2D eigenvalue weighted by Gasteiger charge is -2.18. The van der Waals surface area contributed by atoms with E-state index in [4.69, 9.17) is 4.74 Å². The highest BCUT2D eigenvalue weighted by atomic mass is 16.5. The molecule has 0 spiro atoms. The van der Waals surface area contributed by atoms with E-state index in [0.29, 0.717) is 13.0 Å². The normalized spacial score (nSPS) is 22.7. The summed E-state index contributed by atoms with van der Waals surface area (Å²) in [6.45, 7) is 2.65. The van der Waals surface area contributed by atoms with Crippen LogP contribution in [-0.2, 0) is 0 Å². The molecule has 0 saturated carbocycles. The lowest BCUT2D eigenvalue weighted by Crippen LogP contribution is -2.36. The highest BCUT2D eigenvalue weighted by molar-refractivity contribution is 5.35. The zero-order chi connectivity index (χ0) is 13.7. The van der Waals surface area contributed by atoms with Crippen LogP contribution < -0.4 is 10.1 Å². The quantitative estimate of drug-likeness (QED) is 0.789. The lowest BCUT2D eigenvalue weighted by molar-refractivity contribution is 0.151. The highest BCUT2D eigenvalue weighted by Crippen LogP contribution is 2.30. The molecule has 1 heterocycles. The Kier molecular flexibility index (Phi) is 5.19. The molecule has 1 aromatic carbocycles. The summed E-state index contributed by atoms with van der Waals surface area (Å²) in [5.41, 5.74) is 0.903. The van der Waals surface area contributed by atoms with Gasteiger partial charge >= 0.3 is 0 Å². The van der Waals surface area contributed by atoms with Crippen molar-refractivity contribution in [1.82, 2.24) is 10.2 Å². The third kappa shape index (κ3) is 4.20. The van der Waals surface area contributed by atoms with Crippen LogP contribution in [0.2, 0.25) is 0 Å². The molecule has 4 nitrogen and oxygen atoms in total. The first kappa shape index (κ1) is 14.3. The van der Waals surface area contributed by atoms with Crippen molar-refractivity contribution in [1.29, 1.82) is 0 Å². The van der Waals surface area contributed by atoms with Gasteiger partial charge in [-0.25, -0.2) is 0 Å². The van der Waals surface area contributed by atoms with Gasteiger partial charge in [-0.2, -0.15) is 0 Å². The van der Waals surface area contributed by atoms with Gasteiger partial charge in [0.25, 0.3) is 0 Å². The minimum atomic E-state index is -0.440. The molecule has 0 saturated heterocycles. The Morgan fingerprint density at radius 2 is 2.16 bits per heavy atom. The van der Waals surface area contributed by atoms with Crippen molar-refractivity contribution < 1.29 is 9.84 Å². The number of para-hydroxylation sites is 1. The molecule has 0 aromatic heterocycles. The lowest BCUT2D eigenvalue weighted by atomic mass is 10.0. The number of aliphatic hydroxyl groups is 1. The molecule has 0 fully saturated rings. The largest absolute Gasteiger partial charge is 0.492 e. The van der Waals surface area contributed by atoms with Gasteiger partial charge in [-0.1, -0.05) is 18.2 Å². The Labute approximate surface area is 115 Å². The van der Waals surface area contributed by atoms with Crippen molar-refractivity contribution in [2.24, 2.45) is 0 Å². The van der Waals surface area contributed by atoms with E-state index in [-0.39, 0.29) is 6.04 Å². The average molecular weight is 264 g/mol. The molecule has 2 N–H and O–H groups in total. The summed E-state index contributed by atoms with van der Waals surface area (Å²) in [6, 6.07) is 7.96. The molecule has 1 aliphatic rings. The van der Waals surface area contributed by atoms with E-state index in [0.717, 1.165) is 30.8 Å². The van der Waals surface area contributed by atoms with E-state index in [2.05, 4.69) is 24.3 Å². The molecule has 106 valence electrons. The van der Waals surface area contributed by atoms with Gasteiger partial charge < -0.3 is 20.1 Å². The topological polar surface area (TPSA) is 44.7 Å². The first-order chi connectivity index (χ1) is 9.16. The van der Waals surface area contributed by atoms with Crippen LogP contribution >= 0.6 is 0 Å². The van der Waals surface area contributed by atoms with Gasteiger partial charge in [0.15, 0.2) is 0 Å². The Bertz CT molecular complexity index is 395. The average Bonchev–Trinajstić information content (AvgIpc) is 2.55. The van der Waals surface area contributed by atoms with Gasteiger partial charge in [0.1, 0.15) is 12.4 Å². The summed E-state index contributed by atoms with van der Waals surface area (Å²) >= 11 is 0. The van der Waals surface area contributed by atoms with Crippen LogP contribution in [0, 0.1) is 0 Å². The Hall–Kier alpha value is -1.10. The molecule has 1 aromatic rings. The van der Waals surface area contributed by atoms with Gasteiger partial charge in [-0.15, -0.1) is 0 Å². The summed E-state index contributed by atoms with van der Waals surface area (Å²) < 4.78 is 5.78. The van der Waals surface area contributed by atoms with Gasteiger partial charge in [0, 0.05) is 11.6 Å². The number of nitrogens with zero attached hydrogens (tertiary/aromatic N) is 1. The van der Waals surface area contributed by atoms with Gasteiger partial charge in [-0.3, -0.25) is 0 Å². The number of hydrogen-bond acceptors (Lipinski definition) is 4. The zero-order valence-electron chi connectivity index (χ0n) is 11.8. The van der Waals surface area contributed by atoms with Crippen LogP contribution in [0.4, 0.5) is 0 Å². The first-order valence-electron chi connectivity index (χ1n) is 6.94. The molecule has 0 aliphatic carbocycles. The second-order valence-corrected chi connectivity index (χ2v) is 5.41. The van der Waals surface area contributed by atoms with Gasteiger partial charge in [-0.05, 0) is 46.1 Å². The molecule has 1 aliphatic heterocycles. The van der Waals surface area contributed by atoms with E-state index in [1.165, 1.54) is 0 Å². The van der Waals surface area contributed by atoms with Crippen molar-refractivity contribution >= 4 is 0 Å². The predicted molar refractivity (Wildman–Crippen MR) is 76.5 cm³/mol. The second kappa shape index (κ2) is 6.89.